The van der Waals surface area contributed by atoms with Crippen molar-refractivity contribution in [1.82, 2.24) is 10.6 Å². The van der Waals surface area contributed by atoms with Crippen LogP contribution in [-0.4, -0.2) is 32.7 Å². The van der Waals surface area contributed by atoms with Gasteiger partial charge in [0.2, 0.25) is 0 Å². The number of rotatable bonds is 7. The molecule has 1 saturated heterocycles. The van der Waals surface area contributed by atoms with Crippen LogP contribution >= 0.6 is 12.4 Å². The fraction of sp³-hybridized carbons (Fsp3) is 0.381. The van der Waals surface area contributed by atoms with Crippen molar-refractivity contribution in [3.05, 3.63) is 54.1 Å². The molecule has 1 aliphatic heterocycles. The number of benzene rings is 2. The van der Waals surface area contributed by atoms with Crippen LogP contribution in [0, 0.1) is 5.92 Å². The third-order valence-corrected chi connectivity index (χ3v) is 4.78. The van der Waals surface area contributed by atoms with Gasteiger partial charge in [0, 0.05) is 12.2 Å². The van der Waals surface area contributed by atoms with Gasteiger partial charge in [-0.2, -0.15) is 0 Å². The van der Waals surface area contributed by atoms with E-state index >= 15 is 0 Å². The van der Waals surface area contributed by atoms with Gasteiger partial charge < -0.3 is 20.7 Å². The number of carbonyl (C=O) groups excluding carboxylic acids is 1. The summed E-state index contributed by atoms with van der Waals surface area (Å²) in [6.07, 6.45) is 3.50. The first-order valence-electron chi connectivity index (χ1n) is 9.25. The highest BCUT2D eigenvalue weighted by atomic mass is 35.5. The summed E-state index contributed by atoms with van der Waals surface area (Å²) in [6.45, 7) is 2.89. The maximum Gasteiger partial charge on any atom is 0.253 e. The Hall–Kier alpha value is -2.24. The van der Waals surface area contributed by atoms with Crippen molar-refractivity contribution in [2.45, 2.75) is 19.3 Å². The molecule has 3 N–H and O–H groups in total. The number of halogens is 1. The van der Waals surface area contributed by atoms with Gasteiger partial charge >= 0.3 is 0 Å². The summed E-state index contributed by atoms with van der Waals surface area (Å²) in [5.41, 5.74) is 2.37. The Labute approximate surface area is 167 Å². The number of hydrogen-bond acceptors (Lipinski definition) is 4. The van der Waals surface area contributed by atoms with Crippen LogP contribution in [0.15, 0.2) is 48.5 Å². The Morgan fingerprint density at radius 3 is 2.67 bits per heavy atom. The third-order valence-electron chi connectivity index (χ3n) is 4.78. The van der Waals surface area contributed by atoms with Crippen LogP contribution in [-0.2, 0) is 0 Å². The predicted molar refractivity (Wildman–Crippen MR) is 113 cm³/mol. The molecule has 1 heterocycles. The van der Waals surface area contributed by atoms with Crippen molar-refractivity contribution in [1.29, 1.82) is 0 Å². The van der Waals surface area contributed by atoms with E-state index in [-0.39, 0.29) is 18.3 Å². The molecule has 1 fully saturated rings. The zero-order valence-electron chi connectivity index (χ0n) is 15.7. The summed E-state index contributed by atoms with van der Waals surface area (Å²) < 4.78 is 5.18. The number of hydrogen-bond donors (Lipinski definition) is 3. The molecule has 1 aliphatic rings. The molecule has 146 valence electrons. The standard InChI is InChI=1S/C21H27N3O2.ClH/c1-26-18-10-8-17(9-11-18)24-20-7-3-2-6-19(20)21(25)23-14-12-16-5-4-13-22-15-16;/h2-3,6-11,16,22,24H,4-5,12-15H2,1H3,(H,23,25);1H. The smallest absolute Gasteiger partial charge is 0.253 e. The highest BCUT2D eigenvalue weighted by Gasteiger charge is 2.14. The first kappa shape index (κ1) is 21.1. The molecule has 2 aromatic rings. The molecule has 0 saturated carbocycles. The van der Waals surface area contributed by atoms with Gasteiger partial charge in [-0.15, -0.1) is 12.4 Å². The number of amides is 1. The quantitative estimate of drug-likeness (QED) is 0.670. The molecular formula is C21H28ClN3O2. The number of para-hydroxylation sites is 1. The second-order valence-corrected chi connectivity index (χ2v) is 6.66. The van der Waals surface area contributed by atoms with Crippen molar-refractivity contribution in [2.75, 3.05) is 32.1 Å². The lowest BCUT2D eigenvalue weighted by Gasteiger charge is -2.22. The van der Waals surface area contributed by atoms with Gasteiger partial charge in [0.1, 0.15) is 5.75 Å². The molecule has 5 nitrogen and oxygen atoms in total. The van der Waals surface area contributed by atoms with Crippen molar-refractivity contribution in [3.8, 4) is 5.75 Å². The van der Waals surface area contributed by atoms with Crippen LogP contribution in [0.1, 0.15) is 29.6 Å². The lowest BCUT2D eigenvalue weighted by atomic mass is 9.96. The maximum absolute atomic E-state index is 12.6. The fourth-order valence-corrected chi connectivity index (χ4v) is 3.28. The SMILES string of the molecule is COc1ccc(Nc2ccccc2C(=O)NCCC2CCCNC2)cc1.Cl. The second kappa shape index (κ2) is 10.8. The van der Waals surface area contributed by atoms with E-state index in [1.165, 1.54) is 12.8 Å². The molecule has 1 atom stereocenters. The highest BCUT2D eigenvalue weighted by molar-refractivity contribution is 6.00. The Kier molecular flexibility index (Phi) is 8.43. The summed E-state index contributed by atoms with van der Waals surface area (Å²) in [4.78, 5) is 12.6. The third kappa shape index (κ3) is 6.15. The molecule has 0 bridgehead atoms. The van der Waals surface area contributed by atoms with E-state index in [1.54, 1.807) is 7.11 Å². The van der Waals surface area contributed by atoms with Gasteiger partial charge in [0.15, 0.2) is 0 Å². The highest BCUT2D eigenvalue weighted by Crippen LogP contribution is 2.23. The summed E-state index contributed by atoms with van der Waals surface area (Å²) in [6, 6.07) is 15.2. The number of nitrogens with one attached hydrogen (secondary N) is 3. The van der Waals surface area contributed by atoms with Crippen LogP contribution in [0.3, 0.4) is 0 Å². The van der Waals surface area contributed by atoms with Gasteiger partial charge in [0.25, 0.3) is 5.91 Å². The largest absolute Gasteiger partial charge is 0.497 e. The number of ether oxygens (including phenoxy) is 1. The Morgan fingerprint density at radius 1 is 1.19 bits per heavy atom. The van der Waals surface area contributed by atoms with E-state index in [0.717, 1.165) is 36.6 Å². The minimum absolute atomic E-state index is 0. The van der Waals surface area contributed by atoms with Crippen LogP contribution in [0.5, 0.6) is 5.75 Å². The van der Waals surface area contributed by atoms with Crippen LogP contribution < -0.4 is 20.7 Å². The van der Waals surface area contributed by atoms with Gasteiger partial charge in [-0.05, 0) is 74.7 Å². The van der Waals surface area contributed by atoms with Gasteiger partial charge in [0.05, 0.1) is 18.4 Å². The zero-order valence-corrected chi connectivity index (χ0v) is 16.5. The zero-order chi connectivity index (χ0) is 18.2. The molecule has 1 amide bonds. The lowest BCUT2D eigenvalue weighted by Crippen LogP contribution is -2.33. The topological polar surface area (TPSA) is 62.4 Å². The molecule has 0 aromatic heterocycles. The Balaban J connectivity index is 0.00000261. The molecule has 6 heteroatoms. The Morgan fingerprint density at radius 2 is 1.96 bits per heavy atom. The molecule has 1 unspecified atom stereocenters. The monoisotopic (exact) mass is 389 g/mol. The normalized spacial score (nSPS) is 16.1. The van der Waals surface area contributed by atoms with E-state index in [2.05, 4.69) is 16.0 Å². The van der Waals surface area contributed by atoms with Crippen LogP contribution in [0.25, 0.3) is 0 Å². The van der Waals surface area contributed by atoms with E-state index in [4.69, 9.17) is 4.74 Å². The molecule has 2 aromatic carbocycles. The molecule has 27 heavy (non-hydrogen) atoms. The van der Waals surface area contributed by atoms with Crippen molar-refractivity contribution in [2.24, 2.45) is 5.92 Å². The summed E-state index contributed by atoms with van der Waals surface area (Å²) in [7, 11) is 1.64. The molecule has 0 aliphatic carbocycles. The average molecular weight is 390 g/mol. The first-order chi connectivity index (χ1) is 12.8. The van der Waals surface area contributed by atoms with Crippen molar-refractivity contribution >= 4 is 29.7 Å². The van der Waals surface area contributed by atoms with Crippen LogP contribution in [0.4, 0.5) is 11.4 Å². The van der Waals surface area contributed by atoms with Gasteiger partial charge in [-0.3, -0.25) is 4.79 Å². The minimum atomic E-state index is -0.0367. The van der Waals surface area contributed by atoms with E-state index < -0.39 is 0 Å². The fourth-order valence-electron chi connectivity index (χ4n) is 3.28. The first-order valence-corrected chi connectivity index (χ1v) is 9.25. The number of methoxy groups -OCH3 is 1. The summed E-state index contributed by atoms with van der Waals surface area (Å²) in [5, 5.41) is 9.80. The Bertz CT molecular complexity index is 716. The maximum atomic E-state index is 12.6. The molecule has 0 spiro atoms. The van der Waals surface area contributed by atoms with E-state index in [9.17, 15) is 4.79 Å². The molecule has 0 radical (unpaired) electrons. The molecular weight excluding hydrogens is 362 g/mol. The van der Waals surface area contributed by atoms with Crippen molar-refractivity contribution in [3.63, 3.8) is 0 Å². The minimum Gasteiger partial charge on any atom is -0.497 e. The summed E-state index contributed by atoms with van der Waals surface area (Å²) in [5.74, 6) is 1.43. The number of carbonyl (C=O) groups is 1. The van der Waals surface area contributed by atoms with E-state index in [0.29, 0.717) is 18.0 Å². The summed E-state index contributed by atoms with van der Waals surface area (Å²) >= 11 is 0. The van der Waals surface area contributed by atoms with Crippen LogP contribution in [0.2, 0.25) is 0 Å². The van der Waals surface area contributed by atoms with E-state index in [1.807, 2.05) is 48.5 Å². The average Bonchev–Trinajstić information content (AvgIpc) is 2.70. The number of piperidine rings is 1. The van der Waals surface area contributed by atoms with Gasteiger partial charge in [-0.1, -0.05) is 12.1 Å². The number of anilines is 2. The second-order valence-electron chi connectivity index (χ2n) is 6.66. The van der Waals surface area contributed by atoms with Crippen molar-refractivity contribution < 1.29 is 9.53 Å². The molecule has 3 rings (SSSR count). The van der Waals surface area contributed by atoms with Gasteiger partial charge in [-0.25, -0.2) is 0 Å². The lowest BCUT2D eigenvalue weighted by molar-refractivity contribution is 0.0951. The predicted octanol–water partition coefficient (Wildman–Crippen LogP) is 3.98.